The monoisotopic (exact) mass is 323 g/mol. The summed E-state index contributed by atoms with van der Waals surface area (Å²) in [6, 6.07) is 15.7. The van der Waals surface area contributed by atoms with Gasteiger partial charge in [-0.2, -0.15) is 0 Å². The number of ether oxygens (including phenoxy) is 2. The minimum Gasteiger partial charge on any atom is -0.493 e. The van der Waals surface area contributed by atoms with Crippen molar-refractivity contribution in [2.45, 2.75) is 18.5 Å². The molecule has 2 aromatic carbocycles. The second-order valence-electron chi connectivity index (χ2n) is 5.83. The van der Waals surface area contributed by atoms with Gasteiger partial charge in [0.15, 0.2) is 0 Å². The normalized spacial score (nSPS) is 19.0. The highest BCUT2D eigenvalue weighted by atomic mass is 16.5. The van der Waals surface area contributed by atoms with Gasteiger partial charge in [-0.3, -0.25) is 0 Å². The summed E-state index contributed by atoms with van der Waals surface area (Å²) in [4.78, 5) is 0. The molecule has 2 aromatic rings. The number of benzene rings is 2. The van der Waals surface area contributed by atoms with E-state index in [1.165, 1.54) is 0 Å². The van der Waals surface area contributed by atoms with Crippen LogP contribution in [0.5, 0.6) is 11.5 Å². The molecule has 0 saturated heterocycles. The van der Waals surface area contributed by atoms with Gasteiger partial charge in [-0.25, -0.2) is 0 Å². The Morgan fingerprint density at radius 3 is 2.75 bits per heavy atom. The minimum atomic E-state index is -0.479. The third-order valence-corrected chi connectivity index (χ3v) is 4.34. The van der Waals surface area contributed by atoms with E-state index in [1.54, 1.807) is 0 Å². The summed E-state index contributed by atoms with van der Waals surface area (Å²) in [6.45, 7) is 1.52. The third kappa shape index (κ3) is 3.38. The molecule has 1 aliphatic rings. The van der Waals surface area contributed by atoms with Gasteiger partial charge in [-0.15, -0.1) is 6.42 Å². The van der Waals surface area contributed by atoms with E-state index in [1.807, 2.05) is 48.5 Å². The maximum absolute atomic E-state index is 10.1. The van der Waals surface area contributed by atoms with Crippen molar-refractivity contribution in [3.63, 3.8) is 0 Å². The van der Waals surface area contributed by atoms with Crippen LogP contribution in [-0.4, -0.2) is 24.9 Å². The first kappa shape index (κ1) is 16.4. The molecule has 2 N–H and O–H groups in total. The summed E-state index contributed by atoms with van der Waals surface area (Å²) in [7, 11) is 0. The quantitative estimate of drug-likeness (QED) is 0.802. The molecule has 4 nitrogen and oxygen atoms in total. The van der Waals surface area contributed by atoms with Crippen LogP contribution in [0, 0.1) is 12.3 Å². The number of aliphatic hydroxyl groups excluding tert-OH is 1. The molecule has 4 heteroatoms. The van der Waals surface area contributed by atoms with Crippen molar-refractivity contribution in [2.24, 2.45) is 0 Å². The average molecular weight is 323 g/mol. The van der Waals surface area contributed by atoms with Gasteiger partial charge in [0, 0.05) is 18.5 Å². The van der Waals surface area contributed by atoms with Crippen molar-refractivity contribution >= 4 is 0 Å². The molecule has 124 valence electrons. The zero-order chi connectivity index (χ0) is 16.8. The van der Waals surface area contributed by atoms with Crippen molar-refractivity contribution in [1.29, 1.82) is 0 Å². The van der Waals surface area contributed by atoms with Gasteiger partial charge >= 0.3 is 0 Å². The van der Waals surface area contributed by atoms with Gasteiger partial charge in [0.2, 0.25) is 0 Å². The Balaban J connectivity index is 1.72. The summed E-state index contributed by atoms with van der Waals surface area (Å²) in [5, 5.41) is 13.6. The SMILES string of the molecule is C#CCOc1ccc(CN[C@]2(CO)CCOc3ccccc32)cc1. The van der Waals surface area contributed by atoms with Crippen molar-refractivity contribution in [1.82, 2.24) is 5.32 Å². The smallest absolute Gasteiger partial charge is 0.148 e. The van der Waals surface area contributed by atoms with E-state index in [2.05, 4.69) is 11.2 Å². The standard InChI is InChI=1S/C20H21NO3/c1-2-12-23-17-9-7-16(8-10-17)14-21-20(15-22)11-13-24-19-6-4-3-5-18(19)20/h1,3-10,21-22H,11-15H2/t20-/m0/s1. The lowest BCUT2D eigenvalue weighted by atomic mass is 9.85. The number of hydrogen-bond acceptors (Lipinski definition) is 4. The van der Waals surface area contributed by atoms with Gasteiger partial charge in [-0.1, -0.05) is 36.3 Å². The number of nitrogens with one attached hydrogen (secondary N) is 1. The molecule has 0 fully saturated rings. The Morgan fingerprint density at radius 2 is 2.00 bits per heavy atom. The Hall–Kier alpha value is -2.48. The van der Waals surface area contributed by atoms with Crippen LogP contribution < -0.4 is 14.8 Å². The van der Waals surface area contributed by atoms with Crippen LogP contribution in [0.3, 0.4) is 0 Å². The van der Waals surface area contributed by atoms with Gasteiger partial charge in [0.05, 0.1) is 18.8 Å². The average Bonchev–Trinajstić information content (AvgIpc) is 2.65. The number of hydrogen-bond donors (Lipinski definition) is 2. The van der Waals surface area contributed by atoms with Crippen LogP contribution in [-0.2, 0) is 12.1 Å². The number of para-hydroxylation sites is 1. The molecule has 24 heavy (non-hydrogen) atoms. The van der Waals surface area contributed by atoms with Crippen molar-refractivity contribution < 1.29 is 14.6 Å². The van der Waals surface area contributed by atoms with Gasteiger partial charge < -0.3 is 19.9 Å². The van der Waals surface area contributed by atoms with Crippen LogP contribution in [0.1, 0.15) is 17.5 Å². The predicted octanol–water partition coefficient (Wildman–Crippen LogP) is 2.46. The Bertz CT molecular complexity index is 720. The molecule has 0 amide bonds. The summed E-state index contributed by atoms with van der Waals surface area (Å²) in [5.41, 5.74) is 1.64. The summed E-state index contributed by atoms with van der Waals surface area (Å²) >= 11 is 0. The highest BCUT2D eigenvalue weighted by Gasteiger charge is 2.36. The molecule has 0 aliphatic carbocycles. The summed E-state index contributed by atoms with van der Waals surface area (Å²) < 4.78 is 11.1. The van der Waals surface area contributed by atoms with Gasteiger partial charge in [0.25, 0.3) is 0 Å². The Kier molecular flexibility index (Phi) is 5.05. The van der Waals surface area contributed by atoms with Crippen LogP contribution >= 0.6 is 0 Å². The highest BCUT2D eigenvalue weighted by Crippen LogP contribution is 2.36. The zero-order valence-corrected chi connectivity index (χ0v) is 13.5. The first-order valence-corrected chi connectivity index (χ1v) is 8.01. The number of aliphatic hydroxyl groups is 1. The van der Waals surface area contributed by atoms with Gasteiger partial charge in [0.1, 0.15) is 18.1 Å². The molecular formula is C20H21NO3. The zero-order valence-electron chi connectivity index (χ0n) is 13.5. The lowest BCUT2D eigenvalue weighted by molar-refractivity contribution is 0.106. The third-order valence-electron chi connectivity index (χ3n) is 4.34. The fourth-order valence-electron chi connectivity index (χ4n) is 2.96. The lowest BCUT2D eigenvalue weighted by Gasteiger charge is -2.38. The molecular weight excluding hydrogens is 302 g/mol. The molecule has 1 atom stereocenters. The number of rotatable bonds is 6. The van der Waals surface area contributed by atoms with Crippen LogP contribution in [0.2, 0.25) is 0 Å². The molecule has 0 bridgehead atoms. The van der Waals surface area contributed by atoms with Crippen LogP contribution in [0.15, 0.2) is 48.5 Å². The molecule has 0 radical (unpaired) electrons. The summed E-state index contributed by atoms with van der Waals surface area (Å²) in [6.07, 6.45) is 5.91. The van der Waals surface area contributed by atoms with Crippen molar-refractivity contribution in [3.8, 4) is 23.8 Å². The van der Waals surface area contributed by atoms with Crippen molar-refractivity contribution in [2.75, 3.05) is 19.8 Å². The topological polar surface area (TPSA) is 50.7 Å². The molecule has 1 aliphatic heterocycles. The fraction of sp³-hybridized carbons (Fsp3) is 0.300. The second kappa shape index (κ2) is 7.39. The minimum absolute atomic E-state index is 0.0245. The van der Waals surface area contributed by atoms with Crippen LogP contribution in [0.25, 0.3) is 0 Å². The van der Waals surface area contributed by atoms with E-state index in [0.29, 0.717) is 13.2 Å². The van der Waals surface area contributed by atoms with Crippen LogP contribution in [0.4, 0.5) is 0 Å². The lowest BCUT2D eigenvalue weighted by Crippen LogP contribution is -2.48. The first-order chi connectivity index (χ1) is 11.8. The fourth-order valence-corrected chi connectivity index (χ4v) is 2.96. The van der Waals surface area contributed by atoms with E-state index < -0.39 is 5.54 Å². The first-order valence-electron chi connectivity index (χ1n) is 8.01. The number of terminal acetylenes is 1. The Labute approximate surface area is 142 Å². The molecule has 0 aromatic heterocycles. The predicted molar refractivity (Wildman–Crippen MR) is 92.9 cm³/mol. The highest BCUT2D eigenvalue weighted by molar-refractivity contribution is 5.41. The van der Waals surface area contributed by atoms with E-state index in [9.17, 15) is 5.11 Å². The summed E-state index contributed by atoms with van der Waals surface area (Å²) in [5.74, 6) is 4.04. The Morgan fingerprint density at radius 1 is 1.21 bits per heavy atom. The molecule has 0 spiro atoms. The molecule has 3 rings (SSSR count). The van der Waals surface area contributed by atoms with E-state index in [4.69, 9.17) is 15.9 Å². The molecule has 0 saturated carbocycles. The maximum Gasteiger partial charge on any atom is 0.148 e. The van der Waals surface area contributed by atoms with E-state index >= 15 is 0 Å². The van der Waals surface area contributed by atoms with Crippen molar-refractivity contribution in [3.05, 3.63) is 59.7 Å². The largest absolute Gasteiger partial charge is 0.493 e. The molecule has 1 heterocycles. The van der Waals surface area contributed by atoms with E-state index in [0.717, 1.165) is 29.0 Å². The maximum atomic E-state index is 10.1. The van der Waals surface area contributed by atoms with Gasteiger partial charge in [-0.05, 0) is 23.8 Å². The molecule has 0 unspecified atom stereocenters. The van der Waals surface area contributed by atoms with E-state index in [-0.39, 0.29) is 13.2 Å². The number of fused-ring (bicyclic) bond motifs is 1. The second-order valence-corrected chi connectivity index (χ2v) is 5.83.